The molecule has 20 heavy (non-hydrogen) atoms. The van der Waals surface area contributed by atoms with Crippen molar-refractivity contribution >= 4 is 5.97 Å². The number of carbonyl (C=O) groups is 1. The molecule has 6 nitrogen and oxygen atoms in total. The summed E-state index contributed by atoms with van der Waals surface area (Å²) in [5, 5.41) is 13.3. The van der Waals surface area contributed by atoms with Crippen LogP contribution < -0.4 is 0 Å². The molecule has 1 unspecified atom stereocenters. The quantitative estimate of drug-likeness (QED) is 0.824. The van der Waals surface area contributed by atoms with Crippen molar-refractivity contribution in [3.05, 3.63) is 11.7 Å². The van der Waals surface area contributed by atoms with Crippen molar-refractivity contribution in [2.75, 3.05) is 13.1 Å². The minimum absolute atomic E-state index is 0.550. The first kappa shape index (κ1) is 15.0. The number of hydrogen-bond acceptors (Lipinski definition) is 5. The van der Waals surface area contributed by atoms with Gasteiger partial charge in [-0.1, -0.05) is 25.4 Å². The summed E-state index contributed by atoms with van der Waals surface area (Å²) in [5.41, 5.74) is -0.606. The Bertz CT molecular complexity index is 460. The van der Waals surface area contributed by atoms with Crippen LogP contribution in [0.2, 0.25) is 0 Å². The van der Waals surface area contributed by atoms with E-state index in [0.29, 0.717) is 31.8 Å². The fourth-order valence-electron chi connectivity index (χ4n) is 2.69. The number of carboxylic acids is 1. The monoisotopic (exact) mass is 281 g/mol. The predicted molar refractivity (Wildman–Crippen MR) is 73.2 cm³/mol. The van der Waals surface area contributed by atoms with Crippen molar-refractivity contribution in [3.8, 4) is 0 Å². The molecule has 1 aliphatic heterocycles. The molecule has 2 heterocycles. The summed E-state index contributed by atoms with van der Waals surface area (Å²) in [4.78, 5) is 17.9. The van der Waals surface area contributed by atoms with E-state index in [2.05, 4.69) is 22.0 Å². The molecule has 1 saturated heterocycles. The lowest BCUT2D eigenvalue weighted by atomic mass is 9.84. The number of aromatic nitrogens is 2. The lowest BCUT2D eigenvalue weighted by Crippen LogP contribution is -2.33. The Morgan fingerprint density at radius 3 is 2.90 bits per heavy atom. The first-order chi connectivity index (χ1) is 9.59. The van der Waals surface area contributed by atoms with Gasteiger partial charge in [0.25, 0.3) is 0 Å². The second kappa shape index (κ2) is 6.35. The third kappa shape index (κ3) is 3.17. The summed E-state index contributed by atoms with van der Waals surface area (Å²) < 4.78 is 5.24. The molecule has 112 valence electrons. The Kier molecular flexibility index (Phi) is 4.75. The van der Waals surface area contributed by atoms with Crippen LogP contribution >= 0.6 is 0 Å². The van der Waals surface area contributed by atoms with Gasteiger partial charge in [-0.05, 0) is 25.8 Å². The average Bonchev–Trinajstić information content (AvgIpc) is 3.04. The highest BCUT2D eigenvalue weighted by Crippen LogP contribution is 2.34. The Hall–Kier alpha value is -1.43. The van der Waals surface area contributed by atoms with E-state index in [1.54, 1.807) is 0 Å². The highest BCUT2D eigenvalue weighted by atomic mass is 16.5. The van der Waals surface area contributed by atoms with Crippen molar-refractivity contribution in [2.24, 2.45) is 5.41 Å². The number of carboxylic acid groups (broad SMARTS) is 1. The molecule has 1 aliphatic rings. The summed E-state index contributed by atoms with van der Waals surface area (Å²) in [6, 6.07) is 0. The van der Waals surface area contributed by atoms with Crippen LogP contribution in [0.3, 0.4) is 0 Å². The van der Waals surface area contributed by atoms with Crippen molar-refractivity contribution in [1.82, 2.24) is 15.0 Å². The van der Waals surface area contributed by atoms with Gasteiger partial charge >= 0.3 is 5.97 Å². The minimum atomic E-state index is -0.698. The van der Waals surface area contributed by atoms with Crippen LogP contribution in [0.1, 0.15) is 51.2 Å². The molecule has 0 aliphatic carbocycles. The summed E-state index contributed by atoms with van der Waals surface area (Å²) >= 11 is 0. The number of likely N-dealkylation sites (tertiary alicyclic amines) is 1. The lowest BCUT2D eigenvalue weighted by Gasteiger charge is -2.22. The Labute approximate surface area is 119 Å². The zero-order chi connectivity index (χ0) is 14.6. The molecular weight excluding hydrogens is 258 g/mol. The average molecular weight is 281 g/mol. The number of hydrogen-bond donors (Lipinski definition) is 1. The van der Waals surface area contributed by atoms with Crippen LogP contribution in [0, 0.1) is 5.41 Å². The van der Waals surface area contributed by atoms with Crippen LogP contribution in [0.4, 0.5) is 0 Å². The molecule has 2 rings (SSSR count). The fraction of sp³-hybridized carbons (Fsp3) is 0.786. The number of nitrogens with zero attached hydrogens (tertiary/aromatic N) is 3. The van der Waals surface area contributed by atoms with E-state index >= 15 is 0 Å². The molecule has 1 fully saturated rings. The molecule has 0 saturated carbocycles. The molecular formula is C14H23N3O3. The number of unbranched alkanes of at least 4 members (excludes halogenated alkanes) is 1. The summed E-state index contributed by atoms with van der Waals surface area (Å²) in [6.07, 6.45) is 4.35. The smallest absolute Gasteiger partial charge is 0.310 e. The maximum Gasteiger partial charge on any atom is 0.310 e. The van der Waals surface area contributed by atoms with Crippen molar-refractivity contribution in [1.29, 1.82) is 0 Å². The minimum Gasteiger partial charge on any atom is -0.481 e. The zero-order valence-corrected chi connectivity index (χ0v) is 12.3. The number of aliphatic carboxylic acids is 1. The van der Waals surface area contributed by atoms with Gasteiger partial charge in [-0.15, -0.1) is 0 Å². The lowest BCUT2D eigenvalue weighted by molar-refractivity contribution is -0.148. The van der Waals surface area contributed by atoms with Crippen LogP contribution in [-0.4, -0.2) is 39.2 Å². The molecule has 0 bridgehead atoms. The van der Waals surface area contributed by atoms with Crippen molar-refractivity contribution in [3.63, 3.8) is 0 Å². The van der Waals surface area contributed by atoms with Crippen LogP contribution in [0.15, 0.2) is 4.52 Å². The van der Waals surface area contributed by atoms with Crippen LogP contribution in [-0.2, 0) is 17.8 Å². The van der Waals surface area contributed by atoms with Crippen molar-refractivity contribution < 1.29 is 14.4 Å². The molecule has 1 aromatic rings. The summed E-state index contributed by atoms with van der Waals surface area (Å²) in [6.45, 7) is 5.95. The highest BCUT2D eigenvalue weighted by molar-refractivity contribution is 5.75. The molecule has 0 amide bonds. The molecule has 0 radical (unpaired) electrons. The van der Waals surface area contributed by atoms with Gasteiger partial charge < -0.3 is 9.63 Å². The van der Waals surface area contributed by atoms with E-state index in [9.17, 15) is 9.90 Å². The molecule has 0 aromatic carbocycles. The first-order valence-corrected chi connectivity index (χ1v) is 7.37. The third-order valence-electron chi connectivity index (χ3n) is 4.19. The van der Waals surface area contributed by atoms with E-state index in [1.807, 2.05) is 6.92 Å². The number of aryl methyl sites for hydroxylation is 1. The Balaban J connectivity index is 1.91. The van der Waals surface area contributed by atoms with Crippen LogP contribution in [0.5, 0.6) is 0 Å². The summed E-state index contributed by atoms with van der Waals surface area (Å²) in [7, 11) is 0. The largest absolute Gasteiger partial charge is 0.481 e. The highest BCUT2D eigenvalue weighted by Gasteiger charge is 2.43. The van der Waals surface area contributed by atoms with Gasteiger partial charge in [0, 0.05) is 13.0 Å². The van der Waals surface area contributed by atoms with E-state index in [0.717, 1.165) is 31.6 Å². The van der Waals surface area contributed by atoms with E-state index < -0.39 is 11.4 Å². The molecule has 1 atom stereocenters. The first-order valence-electron chi connectivity index (χ1n) is 7.37. The molecule has 1 aromatic heterocycles. The molecule has 6 heteroatoms. The second-order valence-electron chi connectivity index (χ2n) is 5.61. The van der Waals surface area contributed by atoms with Gasteiger partial charge in [0.05, 0.1) is 12.0 Å². The Morgan fingerprint density at radius 1 is 1.50 bits per heavy atom. The molecule has 0 spiro atoms. The zero-order valence-electron chi connectivity index (χ0n) is 12.3. The van der Waals surface area contributed by atoms with Crippen LogP contribution in [0.25, 0.3) is 0 Å². The normalized spacial score (nSPS) is 23.3. The Morgan fingerprint density at radius 2 is 2.30 bits per heavy atom. The maximum absolute atomic E-state index is 11.4. The van der Waals surface area contributed by atoms with Gasteiger partial charge in [-0.3, -0.25) is 9.69 Å². The standard InChI is InChI=1S/C14H23N3O3/c1-3-5-6-11-15-12(20-16-11)9-17-8-7-14(4-2,10-17)13(18)19/h3-10H2,1-2H3,(H,18,19). The number of rotatable bonds is 7. The van der Waals surface area contributed by atoms with Gasteiger partial charge in [0.2, 0.25) is 5.89 Å². The van der Waals surface area contributed by atoms with Crippen molar-refractivity contribution in [2.45, 2.75) is 52.5 Å². The van der Waals surface area contributed by atoms with Gasteiger partial charge in [-0.2, -0.15) is 4.98 Å². The molecule has 1 N–H and O–H groups in total. The third-order valence-corrected chi connectivity index (χ3v) is 4.19. The van der Waals surface area contributed by atoms with E-state index in [4.69, 9.17) is 4.52 Å². The van der Waals surface area contributed by atoms with Gasteiger partial charge in [-0.25, -0.2) is 0 Å². The second-order valence-corrected chi connectivity index (χ2v) is 5.61. The van der Waals surface area contributed by atoms with E-state index in [1.165, 1.54) is 0 Å². The van der Waals surface area contributed by atoms with Gasteiger partial charge in [0.15, 0.2) is 5.82 Å². The van der Waals surface area contributed by atoms with Gasteiger partial charge in [0.1, 0.15) is 0 Å². The fourth-order valence-corrected chi connectivity index (χ4v) is 2.69. The summed E-state index contributed by atoms with van der Waals surface area (Å²) in [5.74, 6) is 0.645. The topological polar surface area (TPSA) is 79.5 Å². The predicted octanol–water partition coefficient (Wildman–Crippen LogP) is 2.10. The van der Waals surface area contributed by atoms with E-state index in [-0.39, 0.29) is 0 Å². The maximum atomic E-state index is 11.4. The SMILES string of the molecule is CCCCc1noc(CN2CCC(CC)(C(=O)O)C2)n1.